The number of nitrogens with one attached hydrogen (secondary N) is 2. The second-order valence-corrected chi connectivity index (χ2v) is 8.48. The predicted octanol–water partition coefficient (Wildman–Crippen LogP) is 2.98. The number of benzene rings is 2. The van der Waals surface area contributed by atoms with Crippen molar-refractivity contribution < 1.29 is 13.2 Å². The number of hydrogen-bond acceptors (Lipinski definition) is 4. The lowest BCUT2D eigenvalue weighted by atomic mass is 9.96. The predicted molar refractivity (Wildman–Crippen MR) is 113 cm³/mol. The number of carbonyl (C=O) groups is 1. The minimum absolute atomic E-state index is 0. The summed E-state index contributed by atoms with van der Waals surface area (Å²) >= 11 is 0. The van der Waals surface area contributed by atoms with Crippen LogP contribution in [0.1, 0.15) is 23.2 Å². The van der Waals surface area contributed by atoms with E-state index in [0.717, 1.165) is 32.5 Å². The van der Waals surface area contributed by atoms with Crippen LogP contribution in [0.5, 0.6) is 0 Å². The van der Waals surface area contributed by atoms with E-state index >= 15 is 0 Å². The smallest absolute Gasteiger partial charge is 0.261 e. The summed E-state index contributed by atoms with van der Waals surface area (Å²) in [6.45, 7) is 2.43. The van der Waals surface area contributed by atoms with E-state index in [2.05, 4.69) is 10.0 Å². The zero-order valence-electron chi connectivity index (χ0n) is 15.8. The SMILES string of the molecule is CNCC1CCN(C(=O)c2cccc(NS(=O)(=O)c3ccccc3)c2)CC1.Cl. The average molecular weight is 424 g/mol. The van der Waals surface area contributed by atoms with Crippen LogP contribution in [0.25, 0.3) is 0 Å². The average Bonchev–Trinajstić information content (AvgIpc) is 2.69. The third-order valence-corrected chi connectivity index (χ3v) is 6.21. The molecule has 0 bridgehead atoms. The van der Waals surface area contributed by atoms with Crippen molar-refractivity contribution in [2.75, 3.05) is 31.4 Å². The van der Waals surface area contributed by atoms with Crippen LogP contribution in [0.15, 0.2) is 59.5 Å². The topological polar surface area (TPSA) is 78.5 Å². The van der Waals surface area contributed by atoms with Crippen molar-refractivity contribution in [2.45, 2.75) is 17.7 Å². The summed E-state index contributed by atoms with van der Waals surface area (Å²) in [7, 11) is -1.73. The highest BCUT2D eigenvalue weighted by atomic mass is 35.5. The van der Waals surface area contributed by atoms with E-state index in [1.165, 1.54) is 12.1 Å². The van der Waals surface area contributed by atoms with Crippen LogP contribution < -0.4 is 10.0 Å². The van der Waals surface area contributed by atoms with Gasteiger partial charge < -0.3 is 10.2 Å². The summed E-state index contributed by atoms with van der Waals surface area (Å²) < 4.78 is 27.5. The van der Waals surface area contributed by atoms with Gasteiger partial charge in [0.25, 0.3) is 15.9 Å². The molecule has 1 fully saturated rings. The van der Waals surface area contributed by atoms with Crippen LogP contribution in [-0.2, 0) is 10.0 Å². The molecule has 3 rings (SSSR count). The van der Waals surface area contributed by atoms with Gasteiger partial charge in [0.1, 0.15) is 0 Å². The van der Waals surface area contributed by atoms with Crippen molar-refractivity contribution in [1.82, 2.24) is 10.2 Å². The first-order valence-electron chi connectivity index (χ1n) is 9.11. The van der Waals surface area contributed by atoms with Crippen molar-refractivity contribution >= 4 is 34.0 Å². The van der Waals surface area contributed by atoms with Gasteiger partial charge in [0.2, 0.25) is 0 Å². The zero-order chi connectivity index (χ0) is 19.3. The molecule has 0 spiro atoms. The Labute approximate surface area is 172 Å². The summed E-state index contributed by atoms with van der Waals surface area (Å²) in [5.74, 6) is 0.543. The zero-order valence-corrected chi connectivity index (χ0v) is 17.4. The molecular formula is C20H26ClN3O3S. The van der Waals surface area contributed by atoms with Gasteiger partial charge in [-0.2, -0.15) is 0 Å². The molecule has 2 N–H and O–H groups in total. The summed E-state index contributed by atoms with van der Waals surface area (Å²) in [6, 6.07) is 14.8. The van der Waals surface area contributed by atoms with Crippen molar-refractivity contribution in [2.24, 2.45) is 5.92 Å². The van der Waals surface area contributed by atoms with E-state index < -0.39 is 10.0 Å². The molecule has 8 heteroatoms. The van der Waals surface area contributed by atoms with Gasteiger partial charge in [-0.1, -0.05) is 24.3 Å². The number of amides is 1. The first-order valence-corrected chi connectivity index (χ1v) is 10.6. The fraction of sp³-hybridized carbons (Fsp3) is 0.350. The van der Waals surface area contributed by atoms with Gasteiger partial charge in [0, 0.05) is 24.3 Å². The number of carbonyl (C=O) groups excluding carboxylic acids is 1. The molecule has 2 aromatic rings. The highest BCUT2D eigenvalue weighted by Crippen LogP contribution is 2.21. The lowest BCUT2D eigenvalue weighted by molar-refractivity contribution is 0.0691. The molecule has 1 saturated heterocycles. The minimum Gasteiger partial charge on any atom is -0.339 e. The maximum absolute atomic E-state index is 12.8. The van der Waals surface area contributed by atoms with Gasteiger partial charge in [-0.3, -0.25) is 9.52 Å². The molecule has 0 unspecified atom stereocenters. The second kappa shape index (κ2) is 9.91. The Bertz CT molecular complexity index is 883. The summed E-state index contributed by atoms with van der Waals surface area (Å²) in [5, 5.41) is 3.19. The third kappa shape index (κ3) is 5.47. The van der Waals surface area contributed by atoms with Gasteiger partial charge in [0.05, 0.1) is 4.90 Å². The Hall–Kier alpha value is -2.09. The standard InChI is InChI=1S/C20H25N3O3S.ClH/c1-21-15-16-10-12-23(13-11-16)20(24)17-6-5-7-18(14-17)22-27(25,26)19-8-3-2-4-9-19;/h2-9,14,16,21-22H,10-13,15H2,1H3;1H. The fourth-order valence-electron chi connectivity index (χ4n) is 3.34. The summed E-state index contributed by atoms with van der Waals surface area (Å²) in [5.41, 5.74) is 0.880. The third-order valence-electron chi connectivity index (χ3n) is 4.81. The molecule has 0 atom stereocenters. The molecule has 152 valence electrons. The Morgan fingerprint density at radius 1 is 1.07 bits per heavy atom. The number of sulfonamides is 1. The quantitative estimate of drug-likeness (QED) is 0.748. The van der Waals surface area contributed by atoms with E-state index in [1.807, 2.05) is 11.9 Å². The van der Waals surface area contributed by atoms with Crippen LogP contribution in [0, 0.1) is 5.92 Å². The largest absolute Gasteiger partial charge is 0.339 e. The number of rotatable bonds is 6. The molecule has 28 heavy (non-hydrogen) atoms. The van der Waals surface area contributed by atoms with E-state index in [4.69, 9.17) is 0 Å². The Morgan fingerprint density at radius 2 is 1.75 bits per heavy atom. The van der Waals surface area contributed by atoms with Crippen LogP contribution in [-0.4, -0.2) is 45.9 Å². The van der Waals surface area contributed by atoms with Crippen LogP contribution in [0.2, 0.25) is 0 Å². The van der Waals surface area contributed by atoms with Crippen molar-refractivity contribution in [1.29, 1.82) is 0 Å². The van der Waals surface area contributed by atoms with Crippen LogP contribution in [0.3, 0.4) is 0 Å². The molecule has 0 radical (unpaired) electrons. The van der Waals surface area contributed by atoms with Crippen molar-refractivity contribution in [3.05, 3.63) is 60.2 Å². The van der Waals surface area contributed by atoms with Gasteiger partial charge >= 0.3 is 0 Å². The van der Waals surface area contributed by atoms with E-state index in [1.54, 1.807) is 42.5 Å². The second-order valence-electron chi connectivity index (χ2n) is 6.79. The van der Waals surface area contributed by atoms with Crippen LogP contribution >= 0.6 is 12.4 Å². The molecule has 0 aromatic heterocycles. The summed E-state index contributed by atoms with van der Waals surface area (Å²) in [6.07, 6.45) is 1.96. The van der Waals surface area contributed by atoms with Crippen LogP contribution in [0.4, 0.5) is 5.69 Å². The monoisotopic (exact) mass is 423 g/mol. The maximum atomic E-state index is 12.8. The number of hydrogen-bond donors (Lipinski definition) is 2. The van der Waals surface area contributed by atoms with Gasteiger partial charge in [-0.25, -0.2) is 8.42 Å². The summed E-state index contributed by atoms with van der Waals surface area (Å²) in [4.78, 5) is 14.8. The maximum Gasteiger partial charge on any atom is 0.261 e. The fourth-order valence-corrected chi connectivity index (χ4v) is 4.41. The lowest BCUT2D eigenvalue weighted by Crippen LogP contribution is -2.40. The Morgan fingerprint density at radius 3 is 2.39 bits per heavy atom. The first kappa shape index (κ1) is 22.2. The minimum atomic E-state index is -3.68. The number of anilines is 1. The lowest BCUT2D eigenvalue weighted by Gasteiger charge is -2.32. The number of likely N-dealkylation sites (tertiary alicyclic amines) is 1. The first-order chi connectivity index (χ1) is 13.0. The van der Waals surface area contributed by atoms with Gasteiger partial charge in [0.15, 0.2) is 0 Å². The highest BCUT2D eigenvalue weighted by molar-refractivity contribution is 7.92. The van der Waals surface area contributed by atoms with E-state index in [0.29, 0.717) is 17.2 Å². The molecule has 6 nitrogen and oxygen atoms in total. The number of piperidine rings is 1. The normalized spacial score (nSPS) is 15.0. The molecule has 1 amide bonds. The molecule has 0 aliphatic carbocycles. The van der Waals surface area contributed by atoms with E-state index in [9.17, 15) is 13.2 Å². The Kier molecular flexibility index (Phi) is 7.86. The van der Waals surface area contributed by atoms with Gasteiger partial charge in [-0.15, -0.1) is 12.4 Å². The number of halogens is 1. The molecular weight excluding hydrogens is 398 g/mol. The molecule has 1 aliphatic rings. The molecule has 0 saturated carbocycles. The van der Waals surface area contributed by atoms with E-state index in [-0.39, 0.29) is 23.2 Å². The van der Waals surface area contributed by atoms with Crippen molar-refractivity contribution in [3.8, 4) is 0 Å². The van der Waals surface area contributed by atoms with Gasteiger partial charge in [-0.05, 0) is 62.7 Å². The Balaban J connectivity index is 0.00000280. The highest BCUT2D eigenvalue weighted by Gasteiger charge is 2.23. The molecule has 1 heterocycles. The molecule has 1 aliphatic heterocycles. The molecule has 2 aromatic carbocycles. The number of nitrogens with zero attached hydrogens (tertiary/aromatic N) is 1. The van der Waals surface area contributed by atoms with Crippen molar-refractivity contribution in [3.63, 3.8) is 0 Å².